The number of hydrogen-bond acceptors (Lipinski definition) is 8. The van der Waals surface area contributed by atoms with E-state index in [0.29, 0.717) is 23.2 Å². The lowest BCUT2D eigenvalue weighted by atomic mass is 10.0. The number of nitro groups is 1. The highest BCUT2D eigenvalue weighted by molar-refractivity contribution is 5.76. The molecule has 2 heterocycles. The maximum atomic E-state index is 11.6. The molecule has 0 unspecified atom stereocenters. The van der Waals surface area contributed by atoms with E-state index in [0.717, 1.165) is 0 Å². The number of aromatic nitrogens is 3. The molecule has 134 valence electrons. The van der Waals surface area contributed by atoms with Crippen molar-refractivity contribution in [1.82, 2.24) is 15.1 Å². The molecule has 0 saturated heterocycles. The summed E-state index contributed by atoms with van der Waals surface area (Å²) >= 11 is 0. The van der Waals surface area contributed by atoms with Crippen molar-refractivity contribution in [2.75, 3.05) is 10.6 Å². The SMILES string of the molecule is Cc1cc(Nc2ncnc(Nc3ccc(C(C)C)cc3)c2[N+](=O)[O-])no1. The van der Waals surface area contributed by atoms with E-state index in [-0.39, 0.29) is 17.3 Å². The number of aryl methyl sites for hydroxylation is 1. The van der Waals surface area contributed by atoms with Gasteiger partial charge in [-0.05, 0) is 30.5 Å². The number of nitrogens with one attached hydrogen (secondary N) is 2. The van der Waals surface area contributed by atoms with Crippen molar-refractivity contribution in [3.63, 3.8) is 0 Å². The number of nitrogens with zero attached hydrogens (tertiary/aromatic N) is 4. The van der Waals surface area contributed by atoms with Crippen LogP contribution in [-0.4, -0.2) is 20.0 Å². The van der Waals surface area contributed by atoms with Gasteiger partial charge in [-0.3, -0.25) is 10.1 Å². The molecule has 3 rings (SSSR count). The predicted molar refractivity (Wildman–Crippen MR) is 97.0 cm³/mol. The highest BCUT2D eigenvalue weighted by atomic mass is 16.6. The first-order valence-corrected chi connectivity index (χ1v) is 8.00. The van der Waals surface area contributed by atoms with E-state index < -0.39 is 4.92 Å². The average molecular weight is 354 g/mol. The summed E-state index contributed by atoms with van der Waals surface area (Å²) in [6.45, 7) is 5.92. The zero-order chi connectivity index (χ0) is 18.7. The molecule has 0 saturated carbocycles. The number of hydrogen-bond donors (Lipinski definition) is 2. The van der Waals surface area contributed by atoms with Crippen molar-refractivity contribution in [3.8, 4) is 0 Å². The fourth-order valence-electron chi connectivity index (χ4n) is 2.37. The minimum Gasteiger partial charge on any atom is -0.360 e. The van der Waals surface area contributed by atoms with Crippen LogP contribution in [0.3, 0.4) is 0 Å². The molecular formula is C17H18N6O3. The molecule has 0 atom stereocenters. The molecule has 3 aromatic rings. The van der Waals surface area contributed by atoms with Crippen LogP contribution in [0.2, 0.25) is 0 Å². The highest BCUT2D eigenvalue weighted by Gasteiger charge is 2.24. The first-order chi connectivity index (χ1) is 12.4. The molecule has 0 aliphatic heterocycles. The Hall–Kier alpha value is -3.49. The van der Waals surface area contributed by atoms with Crippen molar-refractivity contribution in [3.05, 3.63) is 58.1 Å². The van der Waals surface area contributed by atoms with Gasteiger partial charge < -0.3 is 15.2 Å². The zero-order valence-electron chi connectivity index (χ0n) is 14.6. The van der Waals surface area contributed by atoms with Crippen molar-refractivity contribution in [2.24, 2.45) is 0 Å². The van der Waals surface area contributed by atoms with Crippen LogP contribution < -0.4 is 10.6 Å². The lowest BCUT2D eigenvalue weighted by molar-refractivity contribution is -0.383. The topological polar surface area (TPSA) is 119 Å². The van der Waals surface area contributed by atoms with E-state index in [1.165, 1.54) is 11.9 Å². The lowest BCUT2D eigenvalue weighted by Gasteiger charge is -2.10. The van der Waals surface area contributed by atoms with Crippen molar-refractivity contribution in [2.45, 2.75) is 26.7 Å². The largest absolute Gasteiger partial charge is 0.360 e. The van der Waals surface area contributed by atoms with Gasteiger partial charge in [0.2, 0.25) is 11.6 Å². The molecule has 9 nitrogen and oxygen atoms in total. The van der Waals surface area contributed by atoms with E-state index in [1.807, 2.05) is 24.3 Å². The van der Waals surface area contributed by atoms with Crippen LogP contribution >= 0.6 is 0 Å². The van der Waals surface area contributed by atoms with E-state index in [4.69, 9.17) is 4.52 Å². The highest BCUT2D eigenvalue weighted by Crippen LogP contribution is 2.33. The van der Waals surface area contributed by atoms with E-state index in [1.54, 1.807) is 13.0 Å². The first kappa shape index (κ1) is 17.3. The van der Waals surface area contributed by atoms with Gasteiger partial charge in [0.05, 0.1) is 4.92 Å². The maximum absolute atomic E-state index is 11.6. The van der Waals surface area contributed by atoms with Crippen LogP contribution in [0, 0.1) is 17.0 Å². The molecule has 0 aliphatic rings. The molecule has 0 radical (unpaired) electrons. The average Bonchev–Trinajstić information content (AvgIpc) is 3.00. The summed E-state index contributed by atoms with van der Waals surface area (Å²) in [4.78, 5) is 19.0. The second kappa shape index (κ2) is 7.18. The molecule has 0 spiro atoms. The molecule has 26 heavy (non-hydrogen) atoms. The van der Waals surface area contributed by atoms with Crippen molar-refractivity contribution < 1.29 is 9.45 Å². The van der Waals surface area contributed by atoms with Crippen LogP contribution in [0.15, 0.2) is 41.2 Å². The Morgan fingerprint density at radius 1 is 1.12 bits per heavy atom. The van der Waals surface area contributed by atoms with Gasteiger partial charge in [0.1, 0.15) is 12.1 Å². The fourth-order valence-corrected chi connectivity index (χ4v) is 2.37. The Morgan fingerprint density at radius 3 is 2.31 bits per heavy atom. The Labute approximate surface area is 149 Å². The van der Waals surface area contributed by atoms with Gasteiger partial charge in [-0.25, -0.2) is 9.97 Å². The summed E-state index contributed by atoms with van der Waals surface area (Å²) < 4.78 is 4.95. The Balaban J connectivity index is 1.91. The standard InChI is InChI=1S/C17H18N6O3/c1-10(2)12-4-6-13(7-5-12)20-16-15(23(24)25)17(19-9-18-16)21-14-8-11(3)26-22-14/h4-10H,1-3H3,(H2,18,19,20,21,22). The molecule has 0 amide bonds. The summed E-state index contributed by atoms with van der Waals surface area (Å²) in [5.74, 6) is 1.42. The van der Waals surface area contributed by atoms with Crippen LogP contribution in [0.5, 0.6) is 0 Å². The minimum absolute atomic E-state index is 0.0274. The fraction of sp³-hybridized carbons (Fsp3) is 0.235. The number of rotatable bonds is 6. The maximum Gasteiger partial charge on any atom is 0.353 e. The zero-order valence-corrected chi connectivity index (χ0v) is 14.6. The summed E-state index contributed by atoms with van der Waals surface area (Å²) in [5.41, 5.74) is 1.59. The molecule has 0 bridgehead atoms. The predicted octanol–water partition coefficient (Wildman–Crippen LogP) is 4.29. The third kappa shape index (κ3) is 3.77. The number of benzene rings is 1. The Morgan fingerprint density at radius 2 is 1.77 bits per heavy atom. The van der Waals surface area contributed by atoms with Gasteiger partial charge in [0.15, 0.2) is 5.82 Å². The van der Waals surface area contributed by atoms with Crippen LogP contribution in [-0.2, 0) is 0 Å². The third-order valence-electron chi connectivity index (χ3n) is 3.72. The van der Waals surface area contributed by atoms with E-state index in [2.05, 4.69) is 39.6 Å². The first-order valence-electron chi connectivity index (χ1n) is 8.00. The molecule has 9 heteroatoms. The minimum atomic E-state index is -0.542. The van der Waals surface area contributed by atoms with Gasteiger partial charge in [-0.1, -0.05) is 31.1 Å². The van der Waals surface area contributed by atoms with Gasteiger partial charge in [-0.15, -0.1) is 0 Å². The second-order valence-corrected chi connectivity index (χ2v) is 6.03. The Kier molecular flexibility index (Phi) is 4.78. The second-order valence-electron chi connectivity index (χ2n) is 6.03. The van der Waals surface area contributed by atoms with Gasteiger partial charge in [0, 0.05) is 11.8 Å². The van der Waals surface area contributed by atoms with Crippen molar-refractivity contribution in [1.29, 1.82) is 0 Å². The molecule has 2 N–H and O–H groups in total. The molecule has 0 aliphatic carbocycles. The summed E-state index contributed by atoms with van der Waals surface area (Å²) in [5, 5.41) is 21.1. The lowest BCUT2D eigenvalue weighted by Crippen LogP contribution is -2.05. The summed E-state index contributed by atoms with van der Waals surface area (Å²) in [6, 6.07) is 9.27. The van der Waals surface area contributed by atoms with Crippen LogP contribution in [0.1, 0.15) is 31.1 Å². The molecule has 0 fully saturated rings. The third-order valence-corrected chi connectivity index (χ3v) is 3.72. The monoisotopic (exact) mass is 354 g/mol. The van der Waals surface area contributed by atoms with Gasteiger partial charge in [0.25, 0.3) is 0 Å². The van der Waals surface area contributed by atoms with Gasteiger partial charge >= 0.3 is 5.69 Å². The Bertz CT molecular complexity index is 921. The normalized spacial score (nSPS) is 10.8. The van der Waals surface area contributed by atoms with Gasteiger partial charge in [-0.2, -0.15) is 0 Å². The summed E-state index contributed by atoms with van der Waals surface area (Å²) in [7, 11) is 0. The van der Waals surface area contributed by atoms with Crippen LogP contribution in [0.4, 0.5) is 28.8 Å². The quantitative estimate of drug-likeness (QED) is 0.497. The smallest absolute Gasteiger partial charge is 0.353 e. The van der Waals surface area contributed by atoms with Crippen molar-refractivity contribution >= 4 is 28.8 Å². The molecular weight excluding hydrogens is 336 g/mol. The van der Waals surface area contributed by atoms with E-state index >= 15 is 0 Å². The van der Waals surface area contributed by atoms with Crippen LogP contribution in [0.25, 0.3) is 0 Å². The summed E-state index contributed by atoms with van der Waals surface area (Å²) in [6.07, 6.45) is 1.24. The van der Waals surface area contributed by atoms with E-state index in [9.17, 15) is 10.1 Å². The molecule has 1 aromatic carbocycles. The number of anilines is 4. The molecule has 2 aromatic heterocycles.